The molecule has 86 valence electrons. The van der Waals surface area contributed by atoms with Gasteiger partial charge in [-0.05, 0) is 44.0 Å². The number of nitrogens with zero attached hydrogens (tertiary/aromatic N) is 1. The summed E-state index contributed by atoms with van der Waals surface area (Å²) in [6.07, 6.45) is 1.11. The van der Waals surface area contributed by atoms with Crippen LogP contribution in [0.1, 0.15) is 18.9 Å². The Kier molecular flexibility index (Phi) is 3.49. The smallest absolute Gasteiger partial charge is 0.161 e. The lowest BCUT2D eigenvalue weighted by atomic mass is 10.2. The Bertz CT molecular complexity index is 397. The lowest BCUT2D eigenvalue weighted by Crippen LogP contribution is -2.18. The molecule has 16 heavy (non-hydrogen) atoms. The molecule has 0 radical (unpaired) electrons. The van der Waals surface area contributed by atoms with Crippen molar-refractivity contribution < 1.29 is 4.39 Å². The predicted molar refractivity (Wildman–Crippen MR) is 68.7 cm³/mol. The van der Waals surface area contributed by atoms with Crippen molar-refractivity contribution in [2.45, 2.75) is 26.3 Å². The molecule has 0 bridgehead atoms. The lowest BCUT2D eigenvalue weighted by molar-refractivity contribution is 0.627. The summed E-state index contributed by atoms with van der Waals surface area (Å²) in [5.74, 6) is 0.860. The molecule has 1 unspecified atom stereocenters. The number of hydrogen-bond donors (Lipinski definition) is 1. The van der Waals surface area contributed by atoms with Crippen molar-refractivity contribution in [1.82, 2.24) is 0 Å². The van der Waals surface area contributed by atoms with Gasteiger partial charge >= 0.3 is 0 Å². The molecule has 4 heteroatoms. The van der Waals surface area contributed by atoms with Crippen LogP contribution >= 0.6 is 11.8 Å². The summed E-state index contributed by atoms with van der Waals surface area (Å²) in [6, 6.07) is 5.29. The summed E-state index contributed by atoms with van der Waals surface area (Å²) >= 11 is 1.69. The van der Waals surface area contributed by atoms with E-state index < -0.39 is 0 Å². The number of hydrogen-bond acceptors (Lipinski definition) is 3. The molecule has 1 aromatic carbocycles. The van der Waals surface area contributed by atoms with Crippen LogP contribution in [0.3, 0.4) is 0 Å². The predicted octanol–water partition coefficient (Wildman–Crippen LogP) is 3.43. The fourth-order valence-corrected chi connectivity index (χ4v) is 2.73. The minimum atomic E-state index is -0.211. The first-order valence-electron chi connectivity index (χ1n) is 5.38. The van der Waals surface area contributed by atoms with Gasteiger partial charge in [0.2, 0.25) is 0 Å². The maximum absolute atomic E-state index is 13.2. The molecule has 0 saturated carbocycles. The highest BCUT2D eigenvalue weighted by Gasteiger charge is 2.11. The van der Waals surface area contributed by atoms with Crippen LogP contribution in [-0.2, 0) is 0 Å². The number of aliphatic imine (C=N–C) groups is 1. The molecule has 1 aromatic rings. The van der Waals surface area contributed by atoms with Crippen LogP contribution in [0, 0.1) is 12.7 Å². The van der Waals surface area contributed by atoms with E-state index >= 15 is 0 Å². The molecule has 0 saturated heterocycles. The van der Waals surface area contributed by atoms with E-state index in [-0.39, 0.29) is 5.82 Å². The molecular weight excluding hydrogens is 223 g/mol. The fraction of sp³-hybridized carbons (Fsp3) is 0.417. The Morgan fingerprint density at radius 2 is 2.25 bits per heavy atom. The van der Waals surface area contributed by atoms with Crippen molar-refractivity contribution in [2.24, 2.45) is 4.99 Å². The number of benzene rings is 1. The van der Waals surface area contributed by atoms with Crippen LogP contribution in [0.5, 0.6) is 0 Å². The lowest BCUT2D eigenvalue weighted by Gasteiger charge is -2.17. The second-order valence-corrected chi connectivity index (χ2v) is 5.15. The summed E-state index contributed by atoms with van der Waals surface area (Å²) in [5.41, 5.74) is 1.69. The van der Waals surface area contributed by atoms with E-state index in [4.69, 9.17) is 0 Å². The molecule has 0 aromatic heterocycles. The van der Waals surface area contributed by atoms with Gasteiger partial charge in [0.15, 0.2) is 5.17 Å². The molecule has 0 fully saturated rings. The first-order chi connectivity index (χ1) is 7.63. The van der Waals surface area contributed by atoms with E-state index in [1.54, 1.807) is 11.8 Å². The van der Waals surface area contributed by atoms with Crippen molar-refractivity contribution in [3.8, 4) is 0 Å². The molecule has 1 N–H and O–H groups in total. The zero-order chi connectivity index (χ0) is 11.5. The molecule has 1 atom stereocenters. The maximum atomic E-state index is 13.2. The molecule has 2 nitrogen and oxygen atoms in total. The summed E-state index contributed by atoms with van der Waals surface area (Å²) in [6.45, 7) is 3.98. The molecular formula is C12H15FN2S. The third kappa shape index (κ3) is 2.98. The topological polar surface area (TPSA) is 24.4 Å². The largest absolute Gasteiger partial charge is 0.335 e. The van der Waals surface area contributed by atoms with Crippen LogP contribution in [0.25, 0.3) is 0 Å². The summed E-state index contributed by atoms with van der Waals surface area (Å²) in [7, 11) is 0. The average molecular weight is 238 g/mol. The zero-order valence-corrected chi connectivity index (χ0v) is 10.3. The van der Waals surface area contributed by atoms with Crippen molar-refractivity contribution >= 4 is 22.6 Å². The third-order valence-electron chi connectivity index (χ3n) is 2.41. The molecule has 0 spiro atoms. The van der Waals surface area contributed by atoms with Crippen LogP contribution in [0.4, 0.5) is 10.1 Å². The van der Waals surface area contributed by atoms with E-state index in [0.29, 0.717) is 6.04 Å². The first kappa shape index (κ1) is 11.5. The van der Waals surface area contributed by atoms with Crippen LogP contribution in [0.2, 0.25) is 0 Å². The number of aryl methyl sites for hydroxylation is 1. The molecule has 0 aliphatic carbocycles. The number of halogens is 1. The minimum Gasteiger partial charge on any atom is -0.335 e. The zero-order valence-electron chi connectivity index (χ0n) is 9.46. The van der Waals surface area contributed by atoms with Gasteiger partial charge in [0.25, 0.3) is 0 Å². The average Bonchev–Trinajstić information content (AvgIpc) is 2.15. The van der Waals surface area contributed by atoms with Gasteiger partial charge in [-0.15, -0.1) is 0 Å². The monoisotopic (exact) mass is 238 g/mol. The normalized spacial score (nSPS) is 20.4. The Labute approximate surface area is 99.3 Å². The third-order valence-corrected chi connectivity index (χ3v) is 3.33. The van der Waals surface area contributed by atoms with Gasteiger partial charge in [-0.1, -0.05) is 11.8 Å². The van der Waals surface area contributed by atoms with E-state index in [9.17, 15) is 4.39 Å². The van der Waals surface area contributed by atoms with Gasteiger partial charge < -0.3 is 5.32 Å². The number of amidine groups is 1. The van der Waals surface area contributed by atoms with Gasteiger partial charge in [0, 0.05) is 11.4 Å². The van der Waals surface area contributed by atoms with Gasteiger partial charge in [-0.3, -0.25) is 4.99 Å². The molecule has 1 heterocycles. The highest BCUT2D eigenvalue weighted by molar-refractivity contribution is 8.14. The van der Waals surface area contributed by atoms with E-state index in [2.05, 4.69) is 17.2 Å². The van der Waals surface area contributed by atoms with Crippen LogP contribution in [0.15, 0.2) is 23.2 Å². The van der Waals surface area contributed by atoms with Gasteiger partial charge in [0.1, 0.15) is 5.82 Å². The Balaban J connectivity index is 2.14. The standard InChI is InChI=1S/C12H15FN2S/c1-8-5-10(13)7-11(6-8)15-12-14-9(2)3-4-16-12/h5-7,9H,3-4H2,1-2H3,(H,14,15). The second-order valence-electron chi connectivity index (χ2n) is 4.06. The maximum Gasteiger partial charge on any atom is 0.161 e. The van der Waals surface area contributed by atoms with E-state index in [0.717, 1.165) is 28.6 Å². The summed E-state index contributed by atoms with van der Waals surface area (Å²) in [5, 5.41) is 4.06. The van der Waals surface area contributed by atoms with E-state index in [1.165, 1.54) is 12.1 Å². The fourth-order valence-electron chi connectivity index (χ4n) is 1.63. The number of anilines is 1. The van der Waals surface area contributed by atoms with Crippen LogP contribution < -0.4 is 5.32 Å². The van der Waals surface area contributed by atoms with Gasteiger partial charge in [-0.2, -0.15) is 0 Å². The molecule has 2 rings (SSSR count). The van der Waals surface area contributed by atoms with Crippen LogP contribution in [-0.4, -0.2) is 17.0 Å². The van der Waals surface area contributed by atoms with Crippen molar-refractivity contribution in [1.29, 1.82) is 0 Å². The second kappa shape index (κ2) is 4.87. The van der Waals surface area contributed by atoms with Gasteiger partial charge in [-0.25, -0.2) is 4.39 Å². The Morgan fingerprint density at radius 3 is 2.94 bits per heavy atom. The summed E-state index contributed by atoms with van der Waals surface area (Å²) in [4.78, 5) is 4.48. The molecule has 0 amide bonds. The first-order valence-corrected chi connectivity index (χ1v) is 6.37. The molecule has 1 aliphatic rings. The van der Waals surface area contributed by atoms with E-state index in [1.807, 2.05) is 13.0 Å². The van der Waals surface area contributed by atoms with Gasteiger partial charge in [0.05, 0.1) is 6.04 Å². The molecule has 1 aliphatic heterocycles. The minimum absolute atomic E-state index is 0.211. The van der Waals surface area contributed by atoms with Crippen molar-refractivity contribution in [2.75, 3.05) is 11.1 Å². The highest BCUT2D eigenvalue weighted by Crippen LogP contribution is 2.20. The highest BCUT2D eigenvalue weighted by atomic mass is 32.2. The number of rotatable bonds is 1. The Hall–Kier alpha value is -1.03. The SMILES string of the molecule is Cc1cc(F)cc(NC2=NC(C)CCS2)c1. The number of thioether (sulfide) groups is 1. The quantitative estimate of drug-likeness (QED) is 0.810. The summed E-state index contributed by atoms with van der Waals surface area (Å²) < 4.78 is 13.2. The Morgan fingerprint density at radius 1 is 1.44 bits per heavy atom. The van der Waals surface area contributed by atoms with Crippen molar-refractivity contribution in [3.05, 3.63) is 29.6 Å². The number of nitrogens with one attached hydrogen (secondary N) is 1. The van der Waals surface area contributed by atoms with Crippen molar-refractivity contribution in [3.63, 3.8) is 0 Å².